The zero-order valence-electron chi connectivity index (χ0n) is 8.84. The maximum Gasteiger partial charge on any atom is 0.411 e. The summed E-state index contributed by atoms with van der Waals surface area (Å²) in [6.07, 6.45) is -2.35. The molecule has 0 saturated carbocycles. The van der Waals surface area contributed by atoms with Gasteiger partial charge >= 0.3 is 6.18 Å². The van der Waals surface area contributed by atoms with Crippen LogP contribution in [0.2, 0.25) is 0 Å². The van der Waals surface area contributed by atoms with Crippen LogP contribution in [0, 0.1) is 0 Å². The van der Waals surface area contributed by atoms with Crippen LogP contribution in [0.5, 0.6) is 0 Å². The zero-order valence-corrected chi connectivity index (χ0v) is 9.66. The topological polar surface area (TPSA) is 39.2 Å². The van der Waals surface area contributed by atoms with Gasteiger partial charge in [-0.2, -0.15) is 13.2 Å². The summed E-state index contributed by atoms with van der Waals surface area (Å²) in [6.45, 7) is -1.48. The number of ketones is 1. The number of fused-ring (bicyclic) bond motifs is 1. The third-order valence-electron chi connectivity index (χ3n) is 2.30. The van der Waals surface area contributed by atoms with Crippen LogP contribution in [-0.4, -0.2) is 23.6 Å². The highest BCUT2D eigenvalue weighted by Gasteiger charge is 2.28. The van der Waals surface area contributed by atoms with Crippen LogP contribution < -0.4 is 0 Å². The van der Waals surface area contributed by atoms with E-state index in [1.807, 2.05) is 0 Å². The molecule has 0 saturated heterocycles. The third kappa shape index (κ3) is 3.26. The van der Waals surface area contributed by atoms with Crippen molar-refractivity contribution in [2.24, 2.45) is 0 Å². The van der Waals surface area contributed by atoms with Gasteiger partial charge in [0.15, 0.2) is 5.78 Å². The van der Waals surface area contributed by atoms with E-state index in [9.17, 15) is 18.0 Å². The number of carbonyl (C=O) groups excluding carboxylic acids is 1. The Hall–Kier alpha value is -0.950. The normalized spacial score (nSPS) is 16.1. The van der Waals surface area contributed by atoms with Gasteiger partial charge in [-0.3, -0.25) is 4.79 Å². The smallest absolute Gasteiger partial charge is 0.365 e. The van der Waals surface area contributed by atoms with Gasteiger partial charge in [0.25, 0.3) is 0 Å². The Balaban J connectivity index is 1.97. The summed E-state index contributed by atoms with van der Waals surface area (Å²) < 4.78 is 40.1. The SMILES string of the molecule is O=C1CCCc2nc(COCC(F)(F)F)sc21. The Bertz CT molecular complexity index is 428. The van der Waals surface area contributed by atoms with Crippen molar-refractivity contribution in [2.45, 2.75) is 32.0 Å². The Labute approximate surface area is 99.6 Å². The zero-order chi connectivity index (χ0) is 12.5. The minimum absolute atomic E-state index is 0.0332. The minimum atomic E-state index is -4.33. The van der Waals surface area contributed by atoms with E-state index < -0.39 is 12.8 Å². The van der Waals surface area contributed by atoms with E-state index >= 15 is 0 Å². The van der Waals surface area contributed by atoms with Gasteiger partial charge in [-0.05, 0) is 12.8 Å². The molecule has 1 heterocycles. The van der Waals surface area contributed by atoms with Gasteiger partial charge in [0.2, 0.25) is 0 Å². The van der Waals surface area contributed by atoms with Crippen LogP contribution in [0.4, 0.5) is 13.2 Å². The molecule has 0 aromatic carbocycles. The first kappa shape index (κ1) is 12.5. The molecular formula is C10H10F3NO2S. The van der Waals surface area contributed by atoms with Crippen molar-refractivity contribution < 1.29 is 22.7 Å². The summed E-state index contributed by atoms with van der Waals surface area (Å²) in [7, 11) is 0. The number of hydrogen-bond donors (Lipinski definition) is 0. The number of halogens is 3. The van der Waals surface area contributed by atoms with Crippen molar-refractivity contribution in [3.63, 3.8) is 0 Å². The molecule has 7 heteroatoms. The molecule has 1 aliphatic rings. The van der Waals surface area contributed by atoms with Gasteiger partial charge < -0.3 is 4.74 Å². The molecule has 3 nitrogen and oxygen atoms in total. The molecule has 0 radical (unpaired) electrons. The molecule has 94 valence electrons. The van der Waals surface area contributed by atoms with Crippen LogP contribution in [0.15, 0.2) is 0 Å². The Kier molecular flexibility index (Phi) is 3.48. The Morgan fingerprint density at radius 1 is 1.35 bits per heavy atom. The molecule has 0 unspecified atom stereocenters. The number of rotatable bonds is 3. The molecule has 0 amide bonds. The number of Topliss-reactive ketones (excluding diaryl/α,β-unsaturated/α-hetero) is 1. The number of nitrogens with zero attached hydrogens (tertiary/aromatic N) is 1. The summed E-state index contributed by atoms with van der Waals surface area (Å²) in [5.74, 6) is 0.0332. The summed E-state index contributed by atoms with van der Waals surface area (Å²) >= 11 is 1.14. The first-order valence-electron chi connectivity index (χ1n) is 5.12. The number of aryl methyl sites for hydroxylation is 1. The molecule has 0 N–H and O–H groups in total. The van der Waals surface area contributed by atoms with E-state index in [2.05, 4.69) is 9.72 Å². The molecule has 1 aliphatic carbocycles. The third-order valence-corrected chi connectivity index (χ3v) is 3.42. The van der Waals surface area contributed by atoms with Crippen LogP contribution in [0.3, 0.4) is 0 Å². The second-order valence-corrected chi connectivity index (χ2v) is 4.85. The van der Waals surface area contributed by atoms with E-state index in [0.717, 1.165) is 24.2 Å². The summed E-state index contributed by atoms with van der Waals surface area (Å²) in [5, 5.41) is 0.439. The molecule has 0 bridgehead atoms. The van der Waals surface area contributed by atoms with Gasteiger partial charge in [0, 0.05) is 6.42 Å². The number of ether oxygens (including phenoxy) is 1. The van der Waals surface area contributed by atoms with Crippen molar-refractivity contribution in [3.8, 4) is 0 Å². The monoisotopic (exact) mass is 265 g/mol. The lowest BCUT2D eigenvalue weighted by Crippen LogP contribution is -2.16. The van der Waals surface area contributed by atoms with E-state index in [-0.39, 0.29) is 12.4 Å². The highest BCUT2D eigenvalue weighted by molar-refractivity contribution is 7.13. The molecule has 0 aliphatic heterocycles. The van der Waals surface area contributed by atoms with E-state index in [4.69, 9.17) is 0 Å². The minimum Gasteiger partial charge on any atom is -0.365 e. The van der Waals surface area contributed by atoms with Crippen LogP contribution >= 0.6 is 11.3 Å². The van der Waals surface area contributed by atoms with Gasteiger partial charge in [-0.15, -0.1) is 11.3 Å². The molecule has 1 aromatic rings. The fourth-order valence-electron chi connectivity index (χ4n) is 1.63. The molecule has 1 aromatic heterocycles. The second-order valence-electron chi connectivity index (χ2n) is 3.77. The lowest BCUT2D eigenvalue weighted by Gasteiger charge is -2.06. The molecule has 0 spiro atoms. The van der Waals surface area contributed by atoms with E-state index in [1.165, 1.54) is 0 Å². The highest BCUT2D eigenvalue weighted by Crippen LogP contribution is 2.27. The molecule has 17 heavy (non-hydrogen) atoms. The largest absolute Gasteiger partial charge is 0.411 e. The van der Waals surface area contributed by atoms with E-state index in [0.29, 0.717) is 22.0 Å². The van der Waals surface area contributed by atoms with Gasteiger partial charge in [0.1, 0.15) is 11.6 Å². The van der Waals surface area contributed by atoms with Gasteiger partial charge in [0.05, 0.1) is 17.2 Å². The van der Waals surface area contributed by atoms with Crippen LogP contribution in [-0.2, 0) is 17.8 Å². The van der Waals surface area contributed by atoms with Crippen molar-refractivity contribution in [3.05, 3.63) is 15.6 Å². The average Bonchev–Trinajstić information content (AvgIpc) is 2.60. The van der Waals surface area contributed by atoms with Crippen LogP contribution in [0.25, 0.3) is 0 Å². The fraction of sp³-hybridized carbons (Fsp3) is 0.600. The molecular weight excluding hydrogens is 255 g/mol. The number of alkyl halides is 3. The molecule has 0 fully saturated rings. The standard InChI is InChI=1S/C10H10F3NO2S/c11-10(12,13)5-16-4-8-14-6-2-1-3-7(15)9(6)17-8/h1-5H2. The lowest BCUT2D eigenvalue weighted by atomic mass is 10.0. The second kappa shape index (κ2) is 4.73. The van der Waals surface area contributed by atoms with Gasteiger partial charge in [-0.1, -0.05) is 0 Å². The number of carbonyl (C=O) groups is 1. The first-order chi connectivity index (χ1) is 7.96. The fourth-order valence-corrected chi connectivity index (χ4v) is 2.65. The van der Waals surface area contributed by atoms with Crippen molar-refractivity contribution in [1.82, 2.24) is 4.98 Å². The predicted octanol–water partition coefficient (Wildman–Crippen LogP) is 2.74. The van der Waals surface area contributed by atoms with Gasteiger partial charge in [-0.25, -0.2) is 4.98 Å². The summed E-state index contributed by atoms with van der Waals surface area (Å²) in [6, 6.07) is 0. The van der Waals surface area contributed by atoms with Crippen molar-refractivity contribution in [1.29, 1.82) is 0 Å². The summed E-state index contributed by atoms with van der Waals surface area (Å²) in [5.41, 5.74) is 0.705. The van der Waals surface area contributed by atoms with Crippen LogP contribution in [0.1, 0.15) is 33.2 Å². The average molecular weight is 265 g/mol. The highest BCUT2D eigenvalue weighted by atomic mass is 32.1. The number of aromatic nitrogens is 1. The predicted molar refractivity (Wildman–Crippen MR) is 55.1 cm³/mol. The molecule has 2 rings (SSSR count). The number of hydrogen-bond acceptors (Lipinski definition) is 4. The quantitative estimate of drug-likeness (QED) is 0.843. The number of thiazole rings is 1. The maximum absolute atomic E-state index is 11.9. The lowest BCUT2D eigenvalue weighted by molar-refractivity contribution is -0.176. The Morgan fingerprint density at radius 2 is 2.12 bits per heavy atom. The van der Waals surface area contributed by atoms with Crippen molar-refractivity contribution >= 4 is 17.1 Å². The first-order valence-corrected chi connectivity index (χ1v) is 5.93. The van der Waals surface area contributed by atoms with Crippen molar-refractivity contribution in [2.75, 3.05) is 6.61 Å². The molecule has 0 atom stereocenters. The maximum atomic E-state index is 11.9. The summed E-state index contributed by atoms with van der Waals surface area (Å²) in [4.78, 5) is 16.2. The van der Waals surface area contributed by atoms with E-state index in [1.54, 1.807) is 0 Å². The Morgan fingerprint density at radius 3 is 2.76 bits per heavy atom.